The second kappa shape index (κ2) is 6.12. The number of carbonyl (C=O) groups excluding carboxylic acids is 2. The number of rotatable bonds is 4. The quantitative estimate of drug-likeness (QED) is 0.660. The van der Waals surface area contributed by atoms with Gasteiger partial charge in [-0.2, -0.15) is 0 Å². The van der Waals surface area contributed by atoms with E-state index in [2.05, 4.69) is 0 Å². The zero-order valence-corrected chi connectivity index (χ0v) is 10.6. The number of nitrogens with two attached hydrogens (primary N) is 1. The summed E-state index contributed by atoms with van der Waals surface area (Å²) in [5.41, 5.74) is 4.42. The van der Waals surface area contributed by atoms with Crippen LogP contribution < -0.4 is 5.73 Å². The van der Waals surface area contributed by atoms with Gasteiger partial charge in [-0.05, 0) is 6.07 Å². The molecule has 0 bridgehead atoms. The summed E-state index contributed by atoms with van der Waals surface area (Å²) in [5, 5.41) is 0. The van der Waals surface area contributed by atoms with Crippen LogP contribution in [-0.4, -0.2) is 37.5 Å². The fourth-order valence-corrected chi connectivity index (χ4v) is 1.25. The largest absolute Gasteiger partial charge is 0.461 e. The van der Waals surface area contributed by atoms with Crippen LogP contribution in [0.15, 0.2) is 12.1 Å². The minimum atomic E-state index is -1.06. The molecule has 1 amide bonds. The zero-order chi connectivity index (χ0) is 14.6. The van der Waals surface area contributed by atoms with Crippen LogP contribution in [0, 0.1) is 11.6 Å². The van der Waals surface area contributed by atoms with E-state index in [4.69, 9.17) is 10.5 Å². The number of anilines is 1. The maximum atomic E-state index is 13.3. The van der Waals surface area contributed by atoms with E-state index in [1.165, 1.54) is 4.90 Å². The SMILES string of the molecule is CN(C)C(=O)CCOC(=O)c1cc(N)c(F)cc1F. The molecule has 0 aliphatic carbocycles. The fourth-order valence-electron chi connectivity index (χ4n) is 1.25. The van der Waals surface area contributed by atoms with Crippen molar-refractivity contribution in [3.05, 3.63) is 29.3 Å². The molecule has 19 heavy (non-hydrogen) atoms. The Bertz CT molecular complexity index is 504. The highest BCUT2D eigenvalue weighted by molar-refractivity contribution is 5.91. The number of nitrogen functional groups attached to an aromatic ring is 1. The summed E-state index contributed by atoms with van der Waals surface area (Å²) in [6.45, 7) is -0.188. The summed E-state index contributed by atoms with van der Waals surface area (Å²) in [5.74, 6) is -3.23. The molecule has 0 spiro atoms. The van der Waals surface area contributed by atoms with Gasteiger partial charge in [0.15, 0.2) is 0 Å². The van der Waals surface area contributed by atoms with Gasteiger partial charge in [0.25, 0.3) is 0 Å². The Morgan fingerprint density at radius 3 is 2.47 bits per heavy atom. The molecule has 0 saturated heterocycles. The lowest BCUT2D eigenvalue weighted by molar-refractivity contribution is -0.129. The summed E-state index contributed by atoms with van der Waals surface area (Å²) < 4.78 is 30.9. The Morgan fingerprint density at radius 2 is 1.89 bits per heavy atom. The van der Waals surface area contributed by atoms with Crippen molar-refractivity contribution in [1.82, 2.24) is 4.90 Å². The molecule has 104 valence electrons. The van der Waals surface area contributed by atoms with Gasteiger partial charge in [0.1, 0.15) is 18.2 Å². The number of carbonyl (C=O) groups is 2. The van der Waals surface area contributed by atoms with Gasteiger partial charge >= 0.3 is 5.97 Å². The topological polar surface area (TPSA) is 72.6 Å². The van der Waals surface area contributed by atoms with Crippen LogP contribution in [0.4, 0.5) is 14.5 Å². The van der Waals surface area contributed by atoms with E-state index in [0.717, 1.165) is 6.07 Å². The summed E-state index contributed by atoms with van der Waals surface area (Å²) in [6, 6.07) is 1.37. The molecule has 2 N–H and O–H groups in total. The molecular formula is C12H14F2N2O3. The second-order valence-electron chi connectivity index (χ2n) is 4.03. The summed E-state index contributed by atoms with van der Waals surface area (Å²) >= 11 is 0. The van der Waals surface area contributed by atoms with Crippen molar-refractivity contribution >= 4 is 17.6 Å². The standard InChI is InChI=1S/C12H14F2N2O3/c1-16(2)11(17)3-4-19-12(18)7-5-10(15)9(14)6-8(7)13/h5-6H,3-4,15H2,1-2H3. The Kier molecular flexibility index (Phi) is 4.80. The minimum absolute atomic E-state index is 0.0168. The van der Waals surface area contributed by atoms with E-state index >= 15 is 0 Å². The third kappa shape index (κ3) is 3.90. The van der Waals surface area contributed by atoms with E-state index < -0.39 is 23.2 Å². The van der Waals surface area contributed by atoms with Crippen LogP contribution >= 0.6 is 0 Å². The molecule has 0 fully saturated rings. The molecule has 0 radical (unpaired) electrons. The first kappa shape index (κ1) is 14.9. The molecule has 0 aromatic heterocycles. The molecule has 0 aliphatic heterocycles. The fraction of sp³-hybridized carbons (Fsp3) is 0.333. The molecule has 0 heterocycles. The maximum absolute atomic E-state index is 13.3. The molecule has 7 heteroatoms. The van der Waals surface area contributed by atoms with Gasteiger partial charge in [-0.3, -0.25) is 4.79 Å². The minimum Gasteiger partial charge on any atom is -0.461 e. The number of esters is 1. The van der Waals surface area contributed by atoms with Gasteiger partial charge in [-0.1, -0.05) is 0 Å². The lowest BCUT2D eigenvalue weighted by Gasteiger charge is -2.10. The maximum Gasteiger partial charge on any atom is 0.341 e. The predicted molar refractivity (Wildman–Crippen MR) is 64.4 cm³/mol. The molecule has 0 aliphatic rings. The Morgan fingerprint density at radius 1 is 1.26 bits per heavy atom. The molecule has 1 aromatic carbocycles. The third-order valence-corrected chi connectivity index (χ3v) is 2.35. The first-order valence-electron chi connectivity index (χ1n) is 5.44. The van der Waals surface area contributed by atoms with E-state index in [-0.39, 0.29) is 24.6 Å². The highest BCUT2D eigenvalue weighted by Crippen LogP contribution is 2.17. The monoisotopic (exact) mass is 272 g/mol. The number of halogens is 2. The average molecular weight is 272 g/mol. The van der Waals surface area contributed by atoms with Crippen LogP contribution in [0.5, 0.6) is 0 Å². The van der Waals surface area contributed by atoms with Gasteiger partial charge < -0.3 is 15.4 Å². The normalized spacial score (nSPS) is 10.1. The molecule has 1 rings (SSSR count). The van der Waals surface area contributed by atoms with E-state index in [1.54, 1.807) is 14.1 Å². The van der Waals surface area contributed by atoms with Crippen molar-refractivity contribution in [2.24, 2.45) is 0 Å². The van der Waals surface area contributed by atoms with Crippen molar-refractivity contribution < 1.29 is 23.1 Å². The van der Waals surface area contributed by atoms with Gasteiger partial charge in [-0.25, -0.2) is 13.6 Å². The summed E-state index contributed by atoms with van der Waals surface area (Å²) in [6.07, 6.45) is -0.0168. The van der Waals surface area contributed by atoms with Crippen LogP contribution in [0.25, 0.3) is 0 Å². The van der Waals surface area contributed by atoms with Gasteiger partial charge in [0.2, 0.25) is 5.91 Å². The molecule has 0 saturated carbocycles. The molecule has 0 atom stereocenters. The van der Waals surface area contributed by atoms with E-state index in [1.807, 2.05) is 0 Å². The van der Waals surface area contributed by atoms with Gasteiger partial charge in [0.05, 0.1) is 17.7 Å². The molecule has 5 nitrogen and oxygen atoms in total. The van der Waals surface area contributed by atoms with Crippen LogP contribution in [0.1, 0.15) is 16.8 Å². The lowest BCUT2D eigenvalue weighted by atomic mass is 10.2. The number of hydrogen-bond acceptors (Lipinski definition) is 4. The van der Waals surface area contributed by atoms with Crippen molar-refractivity contribution in [1.29, 1.82) is 0 Å². The summed E-state index contributed by atoms with van der Waals surface area (Å²) in [7, 11) is 3.12. The van der Waals surface area contributed by atoms with Crippen LogP contribution in [0.3, 0.4) is 0 Å². The van der Waals surface area contributed by atoms with Crippen molar-refractivity contribution in [3.63, 3.8) is 0 Å². The highest BCUT2D eigenvalue weighted by Gasteiger charge is 2.16. The number of hydrogen-bond donors (Lipinski definition) is 1. The number of amides is 1. The number of benzene rings is 1. The second-order valence-corrected chi connectivity index (χ2v) is 4.03. The van der Waals surface area contributed by atoms with Crippen molar-refractivity contribution in [2.75, 3.05) is 26.4 Å². The van der Waals surface area contributed by atoms with Gasteiger partial charge in [-0.15, -0.1) is 0 Å². The summed E-state index contributed by atoms with van der Waals surface area (Å²) in [4.78, 5) is 24.1. The Labute approximate surface area is 108 Å². The molecule has 0 unspecified atom stereocenters. The zero-order valence-electron chi connectivity index (χ0n) is 10.6. The third-order valence-electron chi connectivity index (χ3n) is 2.35. The highest BCUT2D eigenvalue weighted by atomic mass is 19.1. The van der Waals surface area contributed by atoms with Crippen LogP contribution in [0.2, 0.25) is 0 Å². The van der Waals surface area contributed by atoms with E-state index in [0.29, 0.717) is 6.07 Å². The van der Waals surface area contributed by atoms with Crippen molar-refractivity contribution in [3.8, 4) is 0 Å². The van der Waals surface area contributed by atoms with Crippen LogP contribution in [-0.2, 0) is 9.53 Å². The first-order chi connectivity index (χ1) is 8.82. The molecular weight excluding hydrogens is 258 g/mol. The van der Waals surface area contributed by atoms with Crippen molar-refractivity contribution in [2.45, 2.75) is 6.42 Å². The molecule has 1 aromatic rings. The number of nitrogens with zero attached hydrogens (tertiary/aromatic N) is 1. The van der Waals surface area contributed by atoms with E-state index in [9.17, 15) is 18.4 Å². The number of ether oxygens (including phenoxy) is 1. The first-order valence-corrected chi connectivity index (χ1v) is 5.44. The Hall–Kier alpha value is -2.18. The predicted octanol–water partition coefficient (Wildman–Crippen LogP) is 1.18. The average Bonchev–Trinajstić information content (AvgIpc) is 2.33. The Balaban J connectivity index is 2.64. The lowest BCUT2D eigenvalue weighted by Crippen LogP contribution is -2.23. The van der Waals surface area contributed by atoms with Gasteiger partial charge in [0, 0.05) is 20.2 Å². The smallest absolute Gasteiger partial charge is 0.341 e.